The first-order valence-corrected chi connectivity index (χ1v) is 7.79. The molecule has 0 radical (unpaired) electrons. The Morgan fingerprint density at radius 2 is 2.23 bits per heavy atom. The molecule has 0 atom stereocenters. The minimum absolute atomic E-state index is 0.0925. The summed E-state index contributed by atoms with van der Waals surface area (Å²) in [7, 11) is 0. The van der Waals surface area contributed by atoms with Gasteiger partial charge in [0.05, 0.1) is 6.61 Å². The summed E-state index contributed by atoms with van der Waals surface area (Å²) in [5.41, 5.74) is 8.25. The summed E-state index contributed by atoms with van der Waals surface area (Å²) >= 11 is 2.25. The van der Waals surface area contributed by atoms with Crippen LogP contribution in [0.5, 0.6) is 5.75 Å². The van der Waals surface area contributed by atoms with Crippen molar-refractivity contribution in [1.29, 1.82) is 0 Å². The Bertz CT molecular complexity index is 895. The van der Waals surface area contributed by atoms with Crippen molar-refractivity contribution in [1.82, 2.24) is 19.7 Å². The van der Waals surface area contributed by atoms with Crippen molar-refractivity contribution in [3.8, 4) is 5.75 Å². The third-order valence-corrected chi connectivity index (χ3v) is 4.70. The smallest absolute Gasteiger partial charge is 0.195 e. The van der Waals surface area contributed by atoms with Crippen molar-refractivity contribution in [3.05, 3.63) is 39.0 Å². The van der Waals surface area contributed by atoms with Gasteiger partial charge in [0, 0.05) is 16.4 Å². The average molecular weight is 411 g/mol. The Hall–Kier alpha value is -1.97. The van der Waals surface area contributed by atoms with Gasteiger partial charge in [-0.3, -0.25) is 0 Å². The molecule has 1 aliphatic rings. The van der Waals surface area contributed by atoms with E-state index in [2.05, 4.69) is 43.6 Å². The Kier molecular flexibility index (Phi) is 3.13. The van der Waals surface area contributed by atoms with Crippen LogP contribution < -0.4 is 10.5 Å². The highest BCUT2D eigenvalue weighted by Gasteiger charge is 2.19. The standard InChI is InChI=1S/C14H11FIN5O/c15-21-11(20-12-13(17)18-6-19-14(12)21)5-8-4-10-7(1-2-22-10)3-9(8)16/h3-4,6H,1-2,5H2,(H2,17,18,19). The normalized spacial score (nSPS) is 13.4. The second kappa shape index (κ2) is 5.04. The van der Waals surface area contributed by atoms with Crippen molar-refractivity contribution in [2.75, 3.05) is 12.3 Å². The molecule has 22 heavy (non-hydrogen) atoms. The molecule has 0 aliphatic carbocycles. The molecule has 0 spiro atoms. The molecule has 0 saturated carbocycles. The summed E-state index contributed by atoms with van der Waals surface area (Å²) in [6.45, 7) is 0.697. The van der Waals surface area contributed by atoms with Crippen LogP contribution in [-0.2, 0) is 12.8 Å². The summed E-state index contributed by atoms with van der Waals surface area (Å²) in [6, 6.07) is 4.04. The van der Waals surface area contributed by atoms with Crippen LogP contribution in [0, 0.1) is 3.57 Å². The van der Waals surface area contributed by atoms with Crippen LogP contribution in [0.4, 0.5) is 10.3 Å². The van der Waals surface area contributed by atoms with Gasteiger partial charge in [0.15, 0.2) is 17.0 Å². The zero-order valence-electron chi connectivity index (χ0n) is 11.4. The van der Waals surface area contributed by atoms with E-state index in [0.29, 0.717) is 17.8 Å². The van der Waals surface area contributed by atoms with Crippen LogP contribution >= 0.6 is 22.6 Å². The fourth-order valence-corrected chi connectivity index (χ4v) is 3.30. The van der Waals surface area contributed by atoms with Gasteiger partial charge in [0.25, 0.3) is 0 Å². The lowest BCUT2D eigenvalue weighted by Crippen LogP contribution is -1.99. The number of aromatic nitrogens is 4. The van der Waals surface area contributed by atoms with Crippen molar-refractivity contribution >= 4 is 39.6 Å². The molecule has 8 heteroatoms. The molecule has 112 valence electrons. The number of imidazole rings is 1. The minimum Gasteiger partial charge on any atom is -0.493 e. The number of benzene rings is 1. The molecule has 4 rings (SSSR count). The topological polar surface area (TPSA) is 78.8 Å². The van der Waals surface area contributed by atoms with Gasteiger partial charge in [-0.2, -0.15) is 0 Å². The van der Waals surface area contributed by atoms with Crippen molar-refractivity contribution in [2.45, 2.75) is 12.8 Å². The molecule has 0 amide bonds. The van der Waals surface area contributed by atoms with Gasteiger partial charge in [-0.25, -0.2) is 15.0 Å². The lowest BCUT2D eigenvalue weighted by molar-refractivity contribution is 0.356. The summed E-state index contributed by atoms with van der Waals surface area (Å²) in [5.74, 6) is 1.30. The fourth-order valence-electron chi connectivity index (χ4n) is 2.58. The number of fused-ring (bicyclic) bond motifs is 2. The maximum absolute atomic E-state index is 14.4. The van der Waals surface area contributed by atoms with E-state index in [1.807, 2.05) is 6.07 Å². The van der Waals surface area contributed by atoms with Gasteiger partial charge in [0.2, 0.25) is 0 Å². The number of halogens is 2. The number of rotatable bonds is 2. The van der Waals surface area contributed by atoms with E-state index < -0.39 is 0 Å². The van der Waals surface area contributed by atoms with Crippen LogP contribution in [0.15, 0.2) is 18.5 Å². The molecule has 0 bridgehead atoms. The van der Waals surface area contributed by atoms with Crippen molar-refractivity contribution < 1.29 is 9.22 Å². The maximum atomic E-state index is 14.4. The summed E-state index contributed by atoms with van der Waals surface area (Å²) in [4.78, 5) is 12.4. The van der Waals surface area contributed by atoms with Crippen molar-refractivity contribution in [2.24, 2.45) is 0 Å². The number of hydrogen-bond donors (Lipinski definition) is 1. The highest BCUT2D eigenvalue weighted by Crippen LogP contribution is 2.31. The number of ether oxygens (including phenoxy) is 1. The number of nitrogen functional groups attached to an aromatic ring is 1. The van der Waals surface area contributed by atoms with Crippen LogP contribution in [0.25, 0.3) is 11.2 Å². The Labute approximate surface area is 138 Å². The zero-order chi connectivity index (χ0) is 15.3. The molecule has 2 N–H and O–H groups in total. The molecule has 6 nitrogen and oxygen atoms in total. The second-order valence-corrected chi connectivity index (χ2v) is 6.23. The third-order valence-electron chi connectivity index (χ3n) is 3.69. The van der Waals surface area contributed by atoms with E-state index in [1.54, 1.807) is 0 Å². The molecule has 1 aliphatic heterocycles. The lowest BCUT2D eigenvalue weighted by atomic mass is 10.1. The van der Waals surface area contributed by atoms with Gasteiger partial charge in [-0.05, 0) is 45.9 Å². The van der Waals surface area contributed by atoms with Crippen LogP contribution in [-0.4, -0.2) is 26.3 Å². The lowest BCUT2D eigenvalue weighted by Gasteiger charge is -2.06. The molecule has 0 fully saturated rings. The van der Waals surface area contributed by atoms with E-state index in [4.69, 9.17) is 10.5 Å². The molecule has 0 unspecified atom stereocenters. The predicted octanol–water partition coefficient (Wildman–Crippen LogP) is 2.27. The number of nitrogens with zero attached hydrogens (tertiary/aromatic N) is 4. The highest BCUT2D eigenvalue weighted by atomic mass is 127. The van der Waals surface area contributed by atoms with Gasteiger partial charge in [-0.15, -0.1) is 4.79 Å². The van der Waals surface area contributed by atoms with Gasteiger partial charge >= 0.3 is 0 Å². The van der Waals surface area contributed by atoms with Crippen LogP contribution in [0.1, 0.15) is 17.0 Å². The number of hydrogen-bond acceptors (Lipinski definition) is 5. The first kappa shape index (κ1) is 13.7. The molecule has 3 aromatic rings. The molecule has 2 aromatic heterocycles. The Morgan fingerprint density at radius 1 is 1.36 bits per heavy atom. The summed E-state index contributed by atoms with van der Waals surface area (Å²) in [5, 5.41) is 0. The second-order valence-electron chi connectivity index (χ2n) is 5.07. The predicted molar refractivity (Wildman–Crippen MR) is 87.4 cm³/mol. The molecule has 0 saturated heterocycles. The molecular formula is C14H11FIN5O. The number of nitrogens with two attached hydrogens (primary N) is 1. The van der Waals surface area contributed by atoms with Crippen LogP contribution in [0.3, 0.4) is 0 Å². The van der Waals surface area contributed by atoms with E-state index in [-0.39, 0.29) is 22.8 Å². The largest absolute Gasteiger partial charge is 0.493 e. The summed E-state index contributed by atoms with van der Waals surface area (Å²) < 4.78 is 21.0. The first-order valence-electron chi connectivity index (χ1n) is 6.71. The van der Waals surface area contributed by atoms with Gasteiger partial charge in [-0.1, -0.05) is 4.48 Å². The third kappa shape index (κ3) is 2.09. The van der Waals surface area contributed by atoms with E-state index in [0.717, 1.165) is 21.3 Å². The van der Waals surface area contributed by atoms with E-state index >= 15 is 0 Å². The first-order chi connectivity index (χ1) is 10.6. The van der Waals surface area contributed by atoms with E-state index in [9.17, 15) is 4.48 Å². The maximum Gasteiger partial charge on any atom is 0.195 e. The van der Waals surface area contributed by atoms with E-state index in [1.165, 1.54) is 11.9 Å². The molecule has 3 heterocycles. The SMILES string of the molecule is Nc1ncnc2c1nc(Cc1cc3c(cc1I)CCO3)n2F. The highest BCUT2D eigenvalue weighted by molar-refractivity contribution is 14.1. The minimum atomic E-state index is 0.0925. The van der Waals surface area contributed by atoms with Gasteiger partial charge < -0.3 is 10.5 Å². The Balaban J connectivity index is 1.78. The quantitative estimate of drug-likeness (QED) is 0.655. The van der Waals surface area contributed by atoms with Gasteiger partial charge in [0.1, 0.15) is 17.9 Å². The molecular weight excluding hydrogens is 400 g/mol. The Morgan fingerprint density at radius 3 is 3.05 bits per heavy atom. The summed E-state index contributed by atoms with van der Waals surface area (Å²) in [6.07, 6.45) is 2.48. The monoisotopic (exact) mass is 411 g/mol. The molecule has 1 aromatic carbocycles. The fraction of sp³-hybridized carbons (Fsp3) is 0.214. The van der Waals surface area contributed by atoms with Crippen molar-refractivity contribution in [3.63, 3.8) is 0 Å². The number of anilines is 1. The zero-order valence-corrected chi connectivity index (χ0v) is 13.5. The van der Waals surface area contributed by atoms with Crippen LogP contribution in [0.2, 0.25) is 0 Å². The average Bonchev–Trinajstić information content (AvgIpc) is 3.06.